The Hall–Kier alpha value is -1.93. The van der Waals surface area contributed by atoms with Gasteiger partial charge in [0.05, 0.1) is 0 Å². The van der Waals surface area contributed by atoms with Gasteiger partial charge in [-0.15, -0.1) is 0 Å². The number of aromatic nitrogens is 2. The summed E-state index contributed by atoms with van der Waals surface area (Å²) in [6, 6.07) is 3.91. The zero-order chi connectivity index (χ0) is 16.8. The second-order valence-corrected chi connectivity index (χ2v) is 6.69. The Balaban J connectivity index is 1.55. The molecule has 2 aromatic rings. The molecule has 0 bridgehead atoms. The van der Waals surface area contributed by atoms with Crippen LogP contribution in [0.1, 0.15) is 12.8 Å². The molecule has 2 amide bonds. The molecule has 1 fully saturated rings. The molecule has 3 heterocycles. The van der Waals surface area contributed by atoms with Gasteiger partial charge >= 0.3 is 6.03 Å². The van der Waals surface area contributed by atoms with E-state index in [9.17, 15) is 4.79 Å². The number of methoxy groups -OCH3 is 1. The highest BCUT2D eigenvalue weighted by atomic mass is 32.1. The first-order chi connectivity index (χ1) is 11.8. The lowest BCUT2D eigenvalue weighted by Gasteiger charge is -2.22. The molecular formula is C16H23N5O2S. The number of nitrogens with zero attached hydrogens (tertiary/aromatic N) is 4. The summed E-state index contributed by atoms with van der Waals surface area (Å²) in [5.41, 5.74) is 0.939. The van der Waals surface area contributed by atoms with Crippen molar-refractivity contribution in [2.75, 3.05) is 51.3 Å². The first-order valence-electron chi connectivity index (χ1n) is 8.26. The molecule has 8 heteroatoms. The van der Waals surface area contributed by atoms with E-state index in [4.69, 9.17) is 4.74 Å². The van der Waals surface area contributed by atoms with E-state index in [0.29, 0.717) is 19.7 Å². The number of carbonyl (C=O) groups excluding carboxylic acids is 1. The van der Waals surface area contributed by atoms with Gasteiger partial charge in [0.1, 0.15) is 10.3 Å². The molecular weight excluding hydrogens is 326 g/mol. The third-order valence-electron chi connectivity index (χ3n) is 4.01. The Kier molecular flexibility index (Phi) is 5.81. The fourth-order valence-corrected chi connectivity index (χ4v) is 3.69. The normalized spacial score (nSPS) is 15.5. The molecule has 0 aliphatic carbocycles. The van der Waals surface area contributed by atoms with Crippen LogP contribution >= 0.6 is 11.3 Å². The molecule has 0 saturated carbocycles. The van der Waals surface area contributed by atoms with Gasteiger partial charge in [0.25, 0.3) is 0 Å². The fraction of sp³-hybridized carbons (Fsp3) is 0.562. The van der Waals surface area contributed by atoms with Crippen LogP contribution in [0.3, 0.4) is 0 Å². The van der Waals surface area contributed by atoms with E-state index in [1.165, 1.54) is 0 Å². The van der Waals surface area contributed by atoms with Crippen LogP contribution in [0.25, 0.3) is 10.3 Å². The molecule has 0 aromatic carbocycles. The average Bonchev–Trinajstić information content (AvgIpc) is 2.87. The molecule has 24 heavy (non-hydrogen) atoms. The molecule has 2 aromatic heterocycles. The molecule has 1 aliphatic heterocycles. The van der Waals surface area contributed by atoms with E-state index in [1.807, 2.05) is 17.0 Å². The minimum Gasteiger partial charge on any atom is -0.385 e. The number of urea groups is 1. The predicted molar refractivity (Wildman–Crippen MR) is 95.7 cm³/mol. The summed E-state index contributed by atoms with van der Waals surface area (Å²) in [6.07, 6.45) is 3.57. The van der Waals surface area contributed by atoms with Crippen molar-refractivity contribution in [3.63, 3.8) is 0 Å². The van der Waals surface area contributed by atoms with Crippen molar-refractivity contribution in [1.29, 1.82) is 0 Å². The predicted octanol–water partition coefficient (Wildman–Crippen LogP) is 1.95. The Morgan fingerprint density at radius 1 is 1.38 bits per heavy atom. The Morgan fingerprint density at radius 3 is 3.12 bits per heavy atom. The molecule has 1 aliphatic rings. The van der Waals surface area contributed by atoms with E-state index < -0.39 is 0 Å². The smallest absolute Gasteiger partial charge is 0.317 e. The third kappa shape index (κ3) is 4.12. The molecule has 7 nitrogen and oxygen atoms in total. The number of hydrogen-bond acceptors (Lipinski definition) is 6. The van der Waals surface area contributed by atoms with Gasteiger partial charge in [-0.1, -0.05) is 11.3 Å². The van der Waals surface area contributed by atoms with Gasteiger partial charge in [-0.25, -0.2) is 14.8 Å². The van der Waals surface area contributed by atoms with Gasteiger partial charge in [0.15, 0.2) is 5.13 Å². The van der Waals surface area contributed by atoms with Crippen molar-refractivity contribution in [1.82, 2.24) is 20.2 Å². The van der Waals surface area contributed by atoms with E-state index >= 15 is 0 Å². The molecule has 0 atom stereocenters. The number of hydrogen-bond donors (Lipinski definition) is 1. The lowest BCUT2D eigenvalue weighted by molar-refractivity contribution is 0.186. The van der Waals surface area contributed by atoms with Gasteiger partial charge in [0.2, 0.25) is 0 Å². The summed E-state index contributed by atoms with van der Waals surface area (Å²) >= 11 is 1.61. The molecule has 0 radical (unpaired) electrons. The second-order valence-electron chi connectivity index (χ2n) is 5.73. The van der Waals surface area contributed by atoms with E-state index in [0.717, 1.165) is 48.0 Å². The zero-order valence-electron chi connectivity index (χ0n) is 13.9. The number of ether oxygens (including phenoxy) is 1. The van der Waals surface area contributed by atoms with Crippen LogP contribution in [-0.4, -0.2) is 67.3 Å². The van der Waals surface area contributed by atoms with E-state index in [1.54, 1.807) is 24.6 Å². The fourth-order valence-electron chi connectivity index (χ4n) is 2.73. The molecule has 1 saturated heterocycles. The summed E-state index contributed by atoms with van der Waals surface area (Å²) in [6.45, 7) is 4.50. The number of fused-ring (bicyclic) bond motifs is 1. The highest BCUT2D eigenvalue weighted by Gasteiger charge is 2.21. The number of pyridine rings is 1. The maximum absolute atomic E-state index is 12.2. The number of nitrogens with one attached hydrogen (secondary N) is 1. The monoisotopic (exact) mass is 349 g/mol. The van der Waals surface area contributed by atoms with Crippen LogP contribution in [-0.2, 0) is 4.74 Å². The van der Waals surface area contributed by atoms with E-state index in [-0.39, 0.29) is 6.03 Å². The van der Waals surface area contributed by atoms with Crippen LogP contribution in [0.4, 0.5) is 9.93 Å². The largest absolute Gasteiger partial charge is 0.385 e. The topological polar surface area (TPSA) is 70.6 Å². The highest BCUT2D eigenvalue weighted by Crippen LogP contribution is 2.27. The summed E-state index contributed by atoms with van der Waals surface area (Å²) in [5, 5.41) is 3.95. The van der Waals surface area contributed by atoms with Crippen molar-refractivity contribution in [3.05, 3.63) is 18.3 Å². The van der Waals surface area contributed by atoms with Crippen LogP contribution in [0.5, 0.6) is 0 Å². The Labute approximate surface area is 145 Å². The van der Waals surface area contributed by atoms with E-state index in [2.05, 4.69) is 20.2 Å². The zero-order valence-corrected chi connectivity index (χ0v) is 14.7. The number of amides is 2. The number of anilines is 1. The summed E-state index contributed by atoms with van der Waals surface area (Å²) < 4.78 is 4.99. The highest BCUT2D eigenvalue weighted by molar-refractivity contribution is 7.21. The minimum atomic E-state index is 0.0129. The molecule has 0 unspecified atom stereocenters. The third-order valence-corrected chi connectivity index (χ3v) is 5.05. The van der Waals surface area contributed by atoms with Gasteiger partial charge in [-0.05, 0) is 25.0 Å². The summed E-state index contributed by atoms with van der Waals surface area (Å²) in [4.78, 5) is 26.4. The minimum absolute atomic E-state index is 0.0129. The van der Waals surface area contributed by atoms with Crippen LogP contribution in [0.15, 0.2) is 18.3 Å². The maximum Gasteiger partial charge on any atom is 0.317 e. The average molecular weight is 349 g/mol. The van der Waals surface area contributed by atoms with Crippen molar-refractivity contribution in [2.24, 2.45) is 0 Å². The number of rotatable bonds is 5. The Morgan fingerprint density at radius 2 is 2.29 bits per heavy atom. The van der Waals surface area contributed by atoms with Gasteiger partial charge < -0.3 is 19.9 Å². The Bertz CT molecular complexity index is 644. The summed E-state index contributed by atoms with van der Waals surface area (Å²) in [5.74, 6) is 0. The van der Waals surface area contributed by atoms with Crippen molar-refractivity contribution < 1.29 is 9.53 Å². The maximum atomic E-state index is 12.2. The lowest BCUT2D eigenvalue weighted by atomic mass is 10.4. The summed E-state index contributed by atoms with van der Waals surface area (Å²) in [7, 11) is 1.67. The van der Waals surface area contributed by atoms with Gasteiger partial charge in [0, 0.05) is 52.6 Å². The van der Waals surface area contributed by atoms with Crippen LogP contribution < -0.4 is 10.2 Å². The quantitative estimate of drug-likeness (QED) is 0.836. The SMILES string of the molecule is COCCCNC(=O)N1CCCN(c2nc3cccnc3s2)CC1. The first kappa shape index (κ1) is 16.9. The van der Waals surface area contributed by atoms with Crippen molar-refractivity contribution in [3.8, 4) is 0 Å². The van der Waals surface area contributed by atoms with Gasteiger partial charge in [-0.2, -0.15) is 0 Å². The molecule has 130 valence electrons. The van der Waals surface area contributed by atoms with Crippen LogP contribution in [0.2, 0.25) is 0 Å². The molecule has 1 N–H and O–H groups in total. The first-order valence-corrected chi connectivity index (χ1v) is 9.08. The van der Waals surface area contributed by atoms with Crippen molar-refractivity contribution in [2.45, 2.75) is 12.8 Å². The molecule has 3 rings (SSSR count). The van der Waals surface area contributed by atoms with Crippen LogP contribution in [0, 0.1) is 0 Å². The standard InChI is InChI=1S/C16H23N5O2S/c1-23-12-3-7-18-15(22)20-8-4-9-21(11-10-20)16-19-13-5-2-6-17-14(13)24-16/h2,5-6H,3-4,7-12H2,1H3,(H,18,22). The number of carbonyl (C=O) groups is 1. The number of thiazole rings is 1. The van der Waals surface area contributed by atoms with Gasteiger partial charge in [-0.3, -0.25) is 0 Å². The molecule has 0 spiro atoms. The van der Waals surface area contributed by atoms with Crippen molar-refractivity contribution >= 4 is 32.8 Å². The lowest BCUT2D eigenvalue weighted by Crippen LogP contribution is -2.42. The second kappa shape index (κ2) is 8.25.